The van der Waals surface area contributed by atoms with Crippen molar-refractivity contribution < 1.29 is 9.53 Å². The number of H-pyrrole nitrogens is 1. The molecule has 1 aliphatic rings. The summed E-state index contributed by atoms with van der Waals surface area (Å²) in [4.78, 5) is 15.2. The van der Waals surface area contributed by atoms with Crippen molar-refractivity contribution in [3.8, 4) is 0 Å². The first-order chi connectivity index (χ1) is 10.8. The summed E-state index contributed by atoms with van der Waals surface area (Å²) in [6.07, 6.45) is 5.81. The number of hydrogen-bond donors (Lipinski definition) is 2. The largest absolute Gasteiger partial charge is 0.463 e. The SMILES string of the molecule is CCOC(=O)C1=C(NCCc2c[nH]c3ccccc23)CCC1. The molecule has 0 fully saturated rings. The van der Waals surface area contributed by atoms with E-state index in [0.717, 1.165) is 43.5 Å². The summed E-state index contributed by atoms with van der Waals surface area (Å²) < 4.78 is 5.12. The molecule has 0 aliphatic heterocycles. The van der Waals surface area contributed by atoms with Crippen molar-refractivity contribution >= 4 is 16.9 Å². The summed E-state index contributed by atoms with van der Waals surface area (Å²) in [5.74, 6) is -0.158. The van der Waals surface area contributed by atoms with Crippen molar-refractivity contribution in [2.45, 2.75) is 32.6 Å². The number of allylic oxidation sites excluding steroid dienone is 1. The highest BCUT2D eigenvalue weighted by Crippen LogP contribution is 2.25. The standard InChI is InChI=1S/C18H22N2O2/c1-2-22-18(21)15-7-5-9-17(15)19-11-10-13-12-20-16-8-4-3-6-14(13)16/h3-4,6,8,12,19-20H,2,5,7,9-11H2,1H3. The highest BCUT2D eigenvalue weighted by molar-refractivity contribution is 5.89. The molecule has 22 heavy (non-hydrogen) atoms. The molecule has 1 aromatic carbocycles. The van der Waals surface area contributed by atoms with E-state index in [2.05, 4.69) is 34.7 Å². The molecule has 1 aromatic heterocycles. The summed E-state index contributed by atoms with van der Waals surface area (Å²) in [7, 11) is 0. The van der Waals surface area contributed by atoms with E-state index in [1.165, 1.54) is 16.5 Å². The molecule has 4 nitrogen and oxygen atoms in total. The minimum absolute atomic E-state index is 0.158. The quantitative estimate of drug-likeness (QED) is 0.805. The third-order valence-electron chi connectivity index (χ3n) is 4.15. The van der Waals surface area contributed by atoms with Crippen LogP contribution in [0.25, 0.3) is 10.9 Å². The summed E-state index contributed by atoms with van der Waals surface area (Å²) in [5.41, 5.74) is 4.38. The molecule has 0 amide bonds. The maximum absolute atomic E-state index is 11.9. The number of carbonyl (C=O) groups is 1. The van der Waals surface area contributed by atoms with Crippen LogP contribution in [0.3, 0.4) is 0 Å². The number of ether oxygens (including phenoxy) is 1. The number of rotatable bonds is 6. The van der Waals surface area contributed by atoms with Gasteiger partial charge in [-0.05, 0) is 44.2 Å². The minimum Gasteiger partial charge on any atom is -0.463 e. The minimum atomic E-state index is -0.158. The Morgan fingerprint density at radius 1 is 1.32 bits per heavy atom. The average molecular weight is 298 g/mol. The van der Waals surface area contributed by atoms with E-state index in [9.17, 15) is 4.79 Å². The number of aromatic amines is 1. The zero-order valence-electron chi connectivity index (χ0n) is 12.9. The first kappa shape index (κ1) is 14.7. The van der Waals surface area contributed by atoms with Gasteiger partial charge in [0.1, 0.15) is 0 Å². The molecule has 3 rings (SSSR count). The third-order valence-corrected chi connectivity index (χ3v) is 4.15. The van der Waals surface area contributed by atoms with Gasteiger partial charge in [0.05, 0.1) is 12.2 Å². The molecular weight excluding hydrogens is 276 g/mol. The summed E-state index contributed by atoms with van der Waals surface area (Å²) in [6, 6.07) is 8.33. The molecule has 116 valence electrons. The van der Waals surface area contributed by atoms with Crippen molar-refractivity contribution in [3.63, 3.8) is 0 Å². The fourth-order valence-electron chi connectivity index (χ4n) is 3.07. The predicted molar refractivity (Wildman–Crippen MR) is 87.5 cm³/mol. The number of hydrogen-bond acceptors (Lipinski definition) is 3. The number of para-hydroxylation sites is 1. The molecule has 0 saturated heterocycles. The van der Waals surface area contributed by atoms with Crippen LogP contribution in [0.2, 0.25) is 0 Å². The van der Waals surface area contributed by atoms with Gasteiger partial charge >= 0.3 is 5.97 Å². The van der Waals surface area contributed by atoms with Crippen LogP contribution in [-0.2, 0) is 16.0 Å². The van der Waals surface area contributed by atoms with E-state index < -0.39 is 0 Å². The van der Waals surface area contributed by atoms with Crippen LogP contribution in [0.4, 0.5) is 0 Å². The van der Waals surface area contributed by atoms with Gasteiger partial charge in [-0.15, -0.1) is 0 Å². The molecule has 2 aromatic rings. The Labute approximate surface area is 130 Å². The van der Waals surface area contributed by atoms with Crippen LogP contribution in [0, 0.1) is 0 Å². The molecule has 0 saturated carbocycles. The van der Waals surface area contributed by atoms with Gasteiger partial charge in [0, 0.05) is 29.3 Å². The summed E-state index contributed by atoms with van der Waals surface area (Å²) >= 11 is 0. The van der Waals surface area contributed by atoms with Crippen molar-refractivity contribution in [2.75, 3.05) is 13.2 Å². The monoisotopic (exact) mass is 298 g/mol. The fraction of sp³-hybridized carbons (Fsp3) is 0.389. The topological polar surface area (TPSA) is 54.1 Å². The van der Waals surface area contributed by atoms with Crippen LogP contribution in [0.1, 0.15) is 31.7 Å². The van der Waals surface area contributed by atoms with Crippen molar-refractivity contribution in [1.82, 2.24) is 10.3 Å². The summed E-state index contributed by atoms with van der Waals surface area (Å²) in [6.45, 7) is 3.11. The molecule has 1 heterocycles. The van der Waals surface area contributed by atoms with Crippen LogP contribution in [-0.4, -0.2) is 24.1 Å². The second kappa shape index (κ2) is 6.69. The number of esters is 1. The van der Waals surface area contributed by atoms with Gasteiger partial charge < -0.3 is 15.0 Å². The average Bonchev–Trinajstić information content (AvgIpc) is 3.15. The predicted octanol–water partition coefficient (Wildman–Crippen LogP) is 3.30. The van der Waals surface area contributed by atoms with Gasteiger partial charge in [0.25, 0.3) is 0 Å². The molecule has 0 spiro atoms. The second-order valence-electron chi connectivity index (χ2n) is 5.57. The lowest BCUT2D eigenvalue weighted by atomic mass is 10.1. The van der Waals surface area contributed by atoms with E-state index in [4.69, 9.17) is 4.74 Å². The normalized spacial score (nSPS) is 14.6. The highest BCUT2D eigenvalue weighted by Gasteiger charge is 2.21. The van der Waals surface area contributed by atoms with Crippen LogP contribution in [0.15, 0.2) is 41.7 Å². The zero-order chi connectivity index (χ0) is 15.4. The number of benzene rings is 1. The number of nitrogens with one attached hydrogen (secondary N) is 2. The maximum Gasteiger partial charge on any atom is 0.335 e. The van der Waals surface area contributed by atoms with E-state index in [0.29, 0.717) is 6.61 Å². The Morgan fingerprint density at radius 2 is 2.18 bits per heavy atom. The molecule has 1 aliphatic carbocycles. The van der Waals surface area contributed by atoms with E-state index >= 15 is 0 Å². The third kappa shape index (κ3) is 3.01. The molecule has 0 atom stereocenters. The van der Waals surface area contributed by atoms with Gasteiger partial charge in [-0.1, -0.05) is 18.2 Å². The van der Waals surface area contributed by atoms with Crippen LogP contribution in [0.5, 0.6) is 0 Å². The number of fused-ring (bicyclic) bond motifs is 1. The van der Waals surface area contributed by atoms with Crippen molar-refractivity contribution in [1.29, 1.82) is 0 Å². The zero-order valence-corrected chi connectivity index (χ0v) is 12.9. The first-order valence-electron chi connectivity index (χ1n) is 7.97. The molecule has 2 N–H and O–H groups in total. The van der Waals surface area contributed by atoms with Gasteiger partial charge in [-0.3, -0.25) is 0 Å². The van der Waals surface area contributed by atoms with Crippen molar-refractivity contribution in [3.05, 3.63) is 47.3 Å². The summed E-state index contributed by atoms with van der Waals surface area (Å²) in [5, 5.41) is 4.71. The van der Waals surface area contributed by atoms with Gasteiger partial charge in [-0.25, -0.2) is 4.79 Å². The van der Waals surface area contributed by atoms with E-state index in [1.807, 2.05) is 13.0 Å². The first-order valence-corrected chi connectivity index (χ1v) is 7.97. The Hall–Kier alpha value is -2.23. The lowest BCUT2D eigenvalue weighted by Crippen LogP contribution is -2.19. The van der Waals surface area contributed by atoms with E-state index in [-0.39, 0.29) is 5.97 Å². The van der Waals surface area contributed by atoms with Gasteiger partial charge in [0.15, 0.2) is 0 Å². The lowest BCUT2D eigenvalue weighted by molar-refractivity contribution is -0.138. The molecule has 4 heteroatoms. The van der Waals surface area contributed by atoms with E-state index in [1.54, 1.807) is 0 Å². The number of aromatic nitrogens is 1. The Bertz CT molecular complexity index is 700. The Morgan fingerprint density at radius 3 is 3.05 bits per heavy atom. The molecule has 0 radical (unpaired) electrons. The lowest BCUT2D eigenvalue weighted by Gasteiger charge is -2.10. The van der Waals surface area contributed by atoms with Gasteiger partial charge in [0.2, 0.25) is 0 Å². The highest BCUT2D eigenvalue weighted by atomic mass is 16.5. The van der Waals surface area contributed by atoms with Crippen LogP contribution < -0.4 is 5.32 Å². The molecular formula is C18H22N2O2. The van der Waals surface area contributed by atoms with Gasteiger partial charge in [-0.2, -0.15) is 0 Å². The smallest absolute Gasteiger partial charge is 0.335 e. The maximum atomic E-state index is 11.9. The molecule has 0 unspecified atom stereocenters. The van der Waals surface area contributed by atoms with Crippen molar-refractivity contribution in [2.24, 2.45) is 0 Å². The fourth-order valence-corrected chi connectivity index (χ4v) is 3.07. The Kier molecular flexibility index (Phi) is 4.47. The number of carbonyl (C=O) groups excluding carboxylic acids is 1. The molecule has 0 bridgehead atoms. The van der Waals surface area contributed by atoms with Crippen LogP contribution >= 0.6 is 0 Å². The second-order valence-corrected chi connectivity index (χ2v) is 5.57. The Balaban J connectivity index is 1.63.